The second kappa shape index (κ2) is 12.5. The van der Waals surface area contributed by atoms with Crippen molar-refractivity contribution in [2.24, 2.45) is 22.9 Å². The third kappa shape index (κ3) is 12.2. The first-order chi connectivity index (χ1) is 11.7. The molecule has 8 nitrogen and oxygen atoms in total. The van der Waals surface area contributed by atoms with Gasteiger partial charge in [-0.25, -0.2) is 0 Å². The zero-order chi connectivity index (χ0) is 19.2. The summed E-state index contributed by atoms with van der Waals surface area (Å²) < 4.78 is 0. The van der Waals surface area contributed by atoms with Gasteiger partial charge >= 0.3 is 0 Å². The fourth-order valence-corrected chi connectivity index (χ4v) is 1.93. The van der Waals surface area contributed by atoms with Crippen molar-refractivity contribution >= 4 is 23.6 Å². The molecule has 4 amide bonds. The van der Waals surface area contributed by atoms with Gasteiger partial charge in [0.2, 0.25) is 23.6 Å². The lowest BCUT2D eigenvalue weighted by molar-refractivity contribution is -0.118. The molecule has 0 unspecified atom stereocenters. The molecule has 0 fully saturated rings. The fraction of sp³-hybridized carbons (Fsp3) is 0.412. The number of carbonyl (C=O) groups is 4. The highest BCUT2D eigenvalue weighted by atomic mass is 16.2. The molecular weight excluding hydrogens is 324 g/mol. The molecule has 138 valence electrons. The van der Waals surface area contributed by atoms with Crippen LogP contribution in [0.2, 0.25) is 0 Å². The Bertz CT molecular complexity index is 534. The molecule has 0 atom stereocenters. The van der Waals surface area contributed by atoms with E-state index >= 15 is 0 Å². The molecule has 0 bridgehead atoms. The van der Waals surface area contributed by atoms with Gasteiger partial charge in [-0.3, -0.25) is 19.2 Å². The Balaban J connectivity index is 0.000000462. The molecule has 0 radical (unpaired) electrons. The zero-order valence-electron chi connectivity index (χ0n) is 14.2. The SMILES string of the molecule is NC(=O)CCCCCCCC(N)=O.NC(=O)c1ccc(C(N)=O)cc1. The Labute approximate surface area is 146 Å². The molecule has 1 aromatic carbocycles. The van der Waals surface area contributed by atoms with E-state index in [4.69, 9.17) is 22.9 Å². The van der Waals surface area contributed by atoms with Crippen LogP contribution in [0.15, 0.2) is 24.3 Å². The number of hydrogen-bond donors (Lipinski definition) is 4. The highest BCUT2D eigenvalue weighted by Crippen LogP contribution is 2.06. The molecule has 0 aliphatic heterocycles. The van der Waals surface area contributed by atoms with E-state index in [9.17, 15) is 19.2 Å². The van der Waals surface area contributed by atoms with Crippen molar-refractivity contribution in [1.82, 2.24) is 0 Å². The number of primary amides is 4. The highest BCUT2D eigenvalue weighted by Gasteiger charge is 2.02. The van der Waals surface area contributed by atoms with E-state index in [-0.39, 0.29) is 11.8 Å². The van der Waals surface area contributed by atoms with Crippen molar-refractivity contribution in [2.45, 2.75) is 44.9 Å². The van der Waals surface area contributed by atoms with Crippen molar-refractivity contribution in [3.05, 3.63) is 35.4 Å². The van der Waals surface area contributed by atoms with Crippen LogP contribution in [0.3, 0.4) is 0 Å². The van der Waals surface area contributed by atoms with E-state index in [0.717, 1.165) is 32.1 Å². The monoisotopic (exact) mass is 350 g/mol. The number of unbranched alkanes of at least 4 members (excludes halogenated alkanes) is 4. The molecule has 0 saturated heterocycles. The summed E-state index contributed by atoms with van der Waals surface area (Å²) >= 11 is 0. The summed E-state index contributed by atoms with van der Waals surface area (Å²) in [7, 11) is 0. The minimum atomic E-state index is -0.522. The molecule has 8 N–H and O–H groups in total. The summed E-state index contributed by atoms with van der Waals surface area (Å²) in [5, 5.41) is 0. The number of hydrogen-bond acceptors (Lipinski definition) is 4. The van der Waals surface area contributed by atoms with E-state index in [0.29, 0.717) is 24.0 Å². The van der Waals surface area contributed by atoms with Gasteiger partial charge in [-0.2, -0.15) is 0 Å². The maximum Gasteiger partial charge on any atom is 0.248 e. The quantitative estimate of drug-likeness (QED) is 0.452. The van der Waals surface area contributed by atoms with Crippen LogP contribution in [0.5, 0.6) is 0 Å². The first-order valence-corrected chi connectivity index (χ1v) is 8.00. The van der Waals surface area contributed by atoms with Gasteiger partial charge in [0.15, 0.2) is 0 Å². The summed E-state index contributed by atoms with van der Waals surface area (Å²) in [6.45, 7) is 0. The highest BCUT2D eigenvalue weighted by molar-refractivity contribution is 5.96. The third-order valence-corrected chi connectivity index (χ3v) is 3.30. The average Bonchev–Trinajstić information content (AvgIpc) is 2.54. The standard InChI is InChI=1S/C9H18N2O2.C8H8N2O2/c10-8(12)6-4-2-1-3-5-7-9(11)13;9-7(11)5-1-2-6(4-3-5)8(10)12/h1-7H2,(H2,10,12)(H2,11,13);1-4H,(H2,9,11)(H2,10,12). The van der Waals surface area contributed by atoms with Crippen molar-refractivity contribution in [1.29, 1.82) is 0 Å². The molecule has 0 aliphatic rings. The fourth-order valence-electron chi connectivity index (χ4n) is 1.93. The molecule has 1 rings (SSSR count). The average molecular weight is 350 g/mol. The topological polar surface area (TPSA) is 172 Å². The Kier molecular flexibility index (Phi) is 11.1. The number of carbonyl (C=O) groups excluding carboxylic acids is 4. The maximum atomic E-state index is 10.6. The Hall–Kier alpha value is -2.90. The Morgan fingerprint density at radius 3 is 1.08 bits per heavy atom. The first-order valence-electron chi connectivity index (χ1n) is 8.00. The first kappa shape index (κ1) is 22.1. The van der Waals surface area contributed by atoms with E-state index < -0.39 is 11.8 Å². The second-order valence-corrected chi connectivity index (χ2v) is 5.51. The molecule has 1 aromatic rings. The molecule has 0 heterocycles. The lowest BCUT2D eigenvalue weighted by atomic mass is 10.1. The molecule has 25 heavy (non-hydrogen) atoms. The van der Waals surface area contributed by atoms with Gasteiger partial charge in [0.05, 0.1) is 0 Å². The number of benzene rings is 1. The third-order valence-electron chi connectivity index (χ3n) is 3.30. The molecule has 0 spiro atoms. The van der Waals surface area contributed by atoms with E-state index in [1.165, 1.54) is 24.3 Å². The number of amides is 4. The van der Waals surface area contributed by atoms with Crippen molar-refractivity contribution < 1.29 is 19.2 Å². The normalized spacial score (nSPS) is 9.60. The second-order valence-electron chi connectivity index (χ2n) is 5.51. The lowest BCUT2D eigenvalue weighted by Gasteiger charge is -1.98. The predicted octanol–water partition coefficient (Wildman–Crippen LogP) is 0.572. The van der Waals surface area contributed by atoms with Gasteiger partial charge in [-0.05, 0) is 37.1 Å². The van der Waals surface area contributed by atoms with Crippen molar-refractivity contribution in [3.63, 3.8) is 0 Å². The van der Waals surface area contributed by atoms with Crippen molar-refractivity contribution in [3.8, 4) is 0 Å². The molecule has 0 saturated carbocycles. The summed E-state index contributed by atoms with van der Waals surface area (Å²) in [4.78, 5) is 41.9. The Morgan fingerprint density at radius 1 is 0.560 bits per heavy atom. The number of nitrogens with two attached hydrogens (primary N) is 4. The van der Waals surface area contributed by atoms with Crippen molar-refractivity contribution in [2.75, 3.05) is 0 Å². The molecule has 8 heteroatoms. The van der Waals surface area contributed by atoms with Crippen LogP contribution in [-0.2, 0) is 9.59 Å². The van der Waals surface area contributed by atoms with Crippen LogP contribution in [0.4, 0.5) is 0 Å². The van der Waals surface area contributed by atoms with Crippen LogP contribution in [-0.4, -0.2) is 23.6 Å². The smallest absolute Gasteiger partial charge is 0.248 e. The van der Waals surface area contributed by atoms with Gasteiger partial charge in [0.25, 0.3) is 0 Å². The van der Waals surface area contributed by atoms with Crippen LogP contribution in [0.1, 0.15) is 65.7 Å². The van der Waals surface area contributed by atoms with E-state index in [1.807, 2.05) is 0 Å². The molecule has 0 aliphatic carbocycles. The van der Waals surface area contributed by atoms with Gasteiger partial charge < -0.3 is 22.9 Å². The van der Waals surface area contributed by atoms with Crippen LogP contribution < -0.4 is 22.9 Å². The Morgan fingerprint density at radius 2 is 0.840 bits per heavy atom. The van der Waals surface area contributed by atoms with Gasteiger partial charge in [0.1, 0.15) is 0 Å². The largest absolute Gasteiger partial charge is 0.370 e. The van der Waals surface area contributed by atoms with Gasteiger partial charge in [-0.15, -0.1) is 0 Å². The van der Waals surface area contributed by atoms with Gasteiger partial charge in [-0.1, -0.05) is 19.3 Å². The summed E-state index contributed by atoms with van der Waals surface area (Å²) in [5.41, 5.74) is 20.6. The molecular formula is C17H26N4O4. The summed E-state index contributed by atoms with van der Waals surface area (Å²) in [5.74, 6) is -1.52. The molecule has 0 aromatic heterocycles. The predicted molar refractivity (Wildman–Crippen MR) is 94.2 cm³/mol. The van der Waals surface area contributed by atoms with Gasteiger partial charge in [0, 0.05) is 24.0 Å². The van der Waals surface area contributed by atoms with Crippen LogP contribution in [0, 0.1) is 0 Å². The van der Waals surface area contributed by atoms with Crippen LogP contribution >= 0.6 is 0 Å². The lowest BCUT2D eigenvalue weighted by Crippen LogP contribution is -2.13. The summed E-state index contributed by atoms with van der Waals surface area (Å²) in [6.07, 6.45) is 5.69. The van der Waals surface area contributed by atoms with E-state index in [2.05, 4.69) is 0 Å². The number of rotatable bonds is 10. The minimum absolute atomic E-state index is 0.239. The maximum absolute atomic E-state index is 10.6. The van der Waals surface area contributed by atoms with Crippen LogP contribution in [0.25, 0.3) is 0 Å². The summed E-state index contributed by atoms with van der Waals surface area (Å²) in [6, 6.07) is 5.84. The minimum Gasteiger partial charge on any atom is -0.370 e. The zero-order valence-corrected chi connectivity index (χ0v) is 14.2. The van der Waals surface area contributed by atoms with E-state index in [1.54, 1.807) is 0 Å².